The Morgan fingerprint density at radius 2 is 1.97 bits per heavy atom. The van der Waals surface area contributed by atoms with Gasteiger partial charge in [0.2, 0.25) is 11.8 Å². The molecule has 10 heteroatoms. The summed E-state index contributed by atoms with van der Waals surface area (Å²) < 4.78 is 15.2. The Kier molecular flexibility index (Phi) is 4.91. The summed E-state index contributed by atoms with van der Waals surface area (Å²) in [6.07, 6.45) is 3.71. The molecule has 3 saturated heterocycles. The Labute approximate surface area is 222 Å². The summed E-state index contributed by atoms with van der Waals surface area (Å²) in [4.78, 5) is 33.7. The maximum absolute atomic E-state index is 14.0. The van der Waals surface area contributed by atoms with Crippen LogP contribution in [-0.4, -0.2) is 37.5 Å². The molecule has 37 heavy (non-hydrogen) atoms. The first-order valence-electron chi connectivity index (χ1n) is 12.4. The third-order valence-electron chi connectivity index (χ3n) is 8.60. The zero-order valence-electron chi connectivity index (χ0n) is 20.0. The summed E-state index contributed by atoms with van der Waals surface area (Å²) in [6, 6.07) is 11.2. The smallest absolute Gasteiger partial charge is 0.240 e. The number of carbonyl (C=O) groups excluding carboxylic acids is 2. The molecule has 7 rings (SSSR count). The number of aromatic nitrogens is 2. The van der Waals surface area contributed by atoms with E-state index in [2.05, 4.69) is 14.8 Å². The van der Waals surface area contributed by atoms with E-state index in [1.54, 1.807) is 12.1 Å². The second-order valence-corrected chi connectivity index (χ2v) is 11.5. The zero-order chi connectivity index (χ0) is 25.5. The number of carbonyl (C=O) groups is 2. The Morgan fingerprint density at radius 3 is 2.81 bits per heavy atom. The lowest BCUT2D eigenvalue weighted by molar-refractivity contribution is -0.130. The molecule has 5 heterocycles. The molecule has 2 aromatic carbocycles. The summed E-state index contributed by atoms with van der Waals surface area (Å²) in [7, 11) is 0. The lowest BCUT2D eigenvalue weighted by atomic mass is 9.67. The van der Waals surface area contributed by atoms with Gasteiger partial charge in [0.1, 0.15) is 17.1 Å². The van der Waals surface area contributed by atoms with Gasteiger partial charge in [0, 0.05) is 16.3 Å². The van der Waals surface area contributed by atoms with E-state index in [0.717, 1.165) is 48.7 Å². The minimum absolute atomic E-state index is 0.243. The van der Waals surface area contributed by atoms with Gasteiger partial charge in [-0.2, -0.15) is 14.0 Å². The van der Waals surface area contributed by atoms with Gasteiger partial charge in [-0.1, -0.05) is 17.7 Å². The van der Waals surface area contributed by atoms with Crippen LogP contribution in [0.15, 0.2) is 35.3 Å². The number of halogens is 1. The highest BCUT2D eigenvalue weighted by Gasteiger charge is 2.73. The maximum atomic E-state index is 14.0. The third-order valence-corrected chi connectivity index (χ3v) is 9.37. The van der Waals surface area contributed by atoms with Crippen LogP contribution < -0.4 is 4.90 Å². The number of imide groups is 1. The third kappa shape index (κ3) is 3.13. The first-order valence-corrected chi connectivity index (χ1v) is 13.5. The van der Waals surface area contributed by atoms with E-state index in [0.29, 0.717) is 40.3 Å². The molecule has 4 aliphatic rings. The van der Waals surface area contributed by atoms with Crippen molar-refractivity contribution in [3.05, 3.63) is 52.0 Å². The van der Waals surface area contributed by atoms with E-state index >= 15 is 0 Å². The fraction of sp³-hybridized carbons (Fsp3) is 0.407. The number of nitrogens with zero attached hydrogens (tertiary/aromatic N) is 5. The Hall–Kier alpha value is -3.19. The van der Waals surface area contributed by atoms with Crippen molar-refractivity contribution < 1.29 is 14.3 Å². The number of ether oxygens (including phenoxy) is 1. The number of benzene rings is 2. The van der Waals surface area contributed by atoms with Crippen LogP contribution in [0.4, 0.5) is 5.69 Å². The minimum atomic E-state index is -0.677. The van der Waals surface area contributed by atoms with E-state index in [1.807, 2.05) is 25.1 Å². The molecule has 3 fully saturated rings. The summed E-state index contributed by atoms with van der Waals surface area (Å²) in [5.41, 5.74) is 3.57. The number of amides is 2. The topological polar surface area (TPSA) is 109 Å². The average Bonchev–Trinajstić information content (AvgIpc) is 3.68. The molecule has 4 atom stereocenters. The van der Waals surface area contributed by atoms with Gasteiger partial charge in [0.15, 0.2) is 0 Å². The van der Waals surface area contributed by atoms with Crippen LogP contribution in [-0.2, 0) is 20.9 Å². The monoisotopic (exact) mass is 531 g/mol. The van der Waals surface area contributed by atoms with Gasteiger partial charge in [0.25, 0.3) is 0 Å². The lowest BCUT2D eigenvalue weighted by Gasteiger charge is -2.31. The van der Waals surface area contributed by atoms with Crippen molar-refractivity contribution in [3.8, 4) is 6.07 Å². The van der Waals surface area contributed by atoms with Crippen molar-refractivity contribution in [3.63, 3.8) is 0 Å². The van der Waals surface area contributed by atoms with Gasteiger partial charge in [-0.3, -0.25) is 14.6 Å². The highest BCUT2D eigenvalue weighted by molar-refractivity contribution is 7.00. The first kappa shape index (κ1) is 23.0. The van der Waals surface area contributed by atoms with Gasteiger partial charge in [0.05, 0.1) is 52.6 Å². The molecule has 186 valence electrons. The zero-order valence-corrected chi connectivity index (χ0v) is 21.6. The summed E-state index contributed by atoms with van der Waals surface area (Å²) in [5, 5.41) is 10.1. The molecule has 0 radical (unpaired) electrons. The normalized spacial score (nSPS) is 29.6. The van der Waals surface area contributed by atoms with E-state index in [9.17, 15) is 14.9 Å². The van der Waals surface area contributed by atoms with E-state index < -0.39 is 23.0 Å². The first-order chi connectivity index (χ1) is 17.8. The fourth-order valence-electron chi connectivity index (χ4n) is 6.96. The Morgan fingerprint density at radius 1 is 1.16 bits per heavy atom. The number of anilines is 1. The molecule has 3 aromatic rings. The largest absolute Gasteiger partial charge is 0.367 e. The minimum Gasteiger partial charge on any atom is -0.367 e. The van der Waals surface area contributed by atoms with E-state index in [1.165, 1.54) is 10.5 Å². The number of aliphatic imine (C=N–C) groups is 1. The molecule has 8 nitrogen and oxygen atoms in total. The van der Waals surface area contributed by atoms with Crippen molar-refractivity contribution >= 4 is 57.6 Å². The molecule has 0 saturated carbocycles. The molecule has 0 spiro atoms. The predicted molar refractivity (Wildman–Crippen MR) is 139 cm³/mol. The van der Waals surface area contributed by atoms with Gasteiger partial charge in [-0.25, -0.2) is 4.90 Å². The van der Waals surface area contributed by atoms with Crippen LogP contribution in [0, 0.1) is 23.2 Å². The van der Waals surface area contributed by atoms with Gasteiger partial charge >= 0.3 is 0 Å². The summed E-state index contributed by atoms with van der Waals surface area (Å²) >= 11 is 7.19. The molecule has 0 N–H and O–H groups in total. The van der Waals surface area contributed by atoms with Gasteiger partial charge in [-0.15, -0.1) is 0 Å². The summed E-state index contributed by atoms with van der Waals surface area (Å²) in [6.45, 7) is 2.63. The number of fused-ring (bicyclic) bond motifs is 7. The van der Waals surface area contributed by atoms with Crippen LogP contribution in [0.2, 0.25) is 5.02 Å². The number of hydrogen-bond donors (Lipinski definition) is 0. The molecule has 4 aliphatic heterocycles. The van der Waals surface area contributed by atoms with Crippen LogP contribution in [0.1, 0.15) is 55.7 Å². The van der Waals surface area contributed by atoms with Gasteiger partial charge < -0.3 is 4.74 Å². The van der Waals surface area contributed by atoms with Crippen LogP contribution in [0.25, 0.3) is 11.0 Å². The molecule has 2 amide bonds. The molecular weight excluding hydrogens is 510 g/mol. The molecule has 0 unspecified atom stereocenters. The van der Waals surface area contributed by atoms with Crippen LogP contribution in [0.5, 0.6) is 0 Å². The Balaban J connectivity index is 1.18. The summed E-state index contributed by atoms with van der Waals surface area (Å²) in [5.74, 6) is -1.56. The van der Waals surface area contributed by atoms with Crippen molar-refractivity contribution in [1.82, 2.24) is 8.75 Å². The fourth-order valence-corrected chi connectivity index (χ4v) is 7.70. The van der Waals surface area contributed by atoms with Crippen molar-refractivity contribution in [2.24, 2.45) is 16.8 Å². The number of nitriles is 1. The number of rotatable bonds is 5. The SMILES string of the molecule is C[C@@]12CC[C@@](CCCC3=NCc4ccc(Cl)cc43)(O1)[C@H]1C(=O)N(c3ccc(C#N)c4nsnc34)C(=O)[C@H]12. The molecule has 0 aliphatic carbocycles. The highest BCUT2D eigenvalue weighted by atomic mass is 35.5. The van der Waals surface area contributed by atoms with Gasteiger partial charge in [-0.05, 0) is 68.9 Å². The van der Waals surface area contributed by atoms with E-state index in [4.69, 9.17) is 21.3 Å². The van der Waals surface area contributed by atoms with Crippen molar-refractivity contribution in [1.29, 1.82) is 5.26 Å². The predicted octanol–water partition coefficient (Wildman–Crippen LogP) is 4.82. The molecule has 2 bridgehead atoms. The standard InChI is InChI=1S/C27H22ClN5O3S/c1-26-9-10-27(36-26,8-2-3-18-17-11-16(28)6-4-15(17)13-30-18)21-20(26)24(34)33(25(21)35)19-7-5-14(12-29)22-23(19)32-37-31-22/h4-7,11,20-21H,2-3,8-10,13H2,1H3/t20-,21+,26-,27+/m0/s1. The second-order valence-electron chi connectivity index (χ2n) is 10.6. The molecule has 1 aromatic heterocycles. The van der Waals surface area contributed by atoms with Crippen molar-refractivity contribution in [2.45, 2.75) is 56.8 Å². The maximum Gasteiger partial charge on any atom is 0.240 e. The van der Waals surface area contributed by atoms with E-state index in [-0.39, 0.29) is 11.8 Å². The molecular formula is C27H22ClN5O3S. The van der Waals surface area contributed by atoms with Crippen LogP contribution in [0.3, 0.4) is 0 Å². The Bertz CT molecular complexity index is 1590. The number of hydrogen-bond acceptors (Lipinski definition) is 8. The quantitative estimate of drug-likeness (QED) is 0.437. The second kappa shape index (κ2) is 7.90. The van der Waals surface area contributed by atoms with Crippen LogP contribution >= 0.6 is 23.3 Å². The highest BCUT2D eigenvalue weighted by Crippen LogP contribution is 2.63. The van der Waals surface area contributed by atoms with Crippen molar-refractivity contribution in [2.75, 3.05) is 4.90 Å². The average molecular weight is 532 g/mol. The lowest BCUT2D eigenvalue weighted by Crippen LogP contribution is -2.42.